The molecule has 152 valence electrons. The van der Waals surface area contributed by atoms with Gasteiger partial charge in [0.2, 0.25) is 0 Å². The highest BCUT2D eigenvalue weighted by Gasteiger charge is 2.34. The highest BCUT2D eigenvalue weighted by Crippen LogP contribution is 2.34. The van der Waals surface area contributed by atoms with Crippen LogP contribution >= 0.6 is 23.2 Å². The van der Waals surface area contributed by atoms with Crippen molar-refractivity contribution < 1.29 is 19.1 Å². The summed E-state index contributed by atoms with van der Waals surface area (Å²) in [4.78, 5) is 24.6. The Balaban J connectivity index is 1.94. The fourth-order valence-electron chi connectivity index (χ4n) is 3.12. The molecule has 0 saturated carbocycles. The van der Waals surface area contributed by atoms with E-state index in [1.54, 1.807) is 24.3 Å². The van der Waals surface area contributed by atoms with Crippen LogP contribution < -0.4 is 15.4 Å². The maximum Gasteiger partial charge on any atom is 0.337 e. The first kappa shape index (κ1) is 21.0. The van der Waals surface area contributed by atoms with Crippen molar-refractivity contribution in [2.75, 3.05) is 7.11 Å². The van der Waals surface area contributed by atoms with Gasteiger partial charge >= 0.3 is 12.0 Å². The summed E-state index contributed by atoms with van der Waals surface area (Å²) < 4.78 is 10.9. The van der Waals surface area contributed by atoms with E-state index in [2.05, 4.69) is 10.6 Å². The number of carbonyl (C=O) groups is 2. The lowest BCUT2D eigenvalue weighted by atomic mass is 9.93. The monoisotopic (exact) mass is 434 g/mol. The van der Waals surface area contributed by atoms with Gasteiger partial charge in [0.1, 0.15) is 12.4 Å². The molecule has 1 aliphatic heterocycles. The topological polar surface area (TPSA) is 76.7 Å². The predicted octanol–water partition coefficient (Wildman–Crippen LogP) is 4.76. The third kappa shape index (κ3) is 4.66. The lowest BCUT2D eigenvalue weighted by Crippen LogP contribution is -2.45. The molecule has 2 amide bonds. The van der Waals surface area contributed by atoms with Crippen LogP contribution in [0.3, 0.4) is 0 Å². The molecular formula is C21H20Cl2N2O4. The van der Waals surface area contributed by atoms with Crippen LogP contribution in [0.15, 0.2) is 53.7 Å². The van der Waals surface area contributed by atoms with Crippen LogP contribution in [0.4, 0.5) is 4.79 Å². The molecule has 2 N–H and O–H groups in total. The van der Waals surface area contributed by atoms with Crippen molar-refractivity contribution in [3.05, 3.63) is 74.9 Å². The van der Waals surface area contributed by atoms with Crippen LogP contribution in [0.2, 0.25) is 10.0 Å². The van der Waals surface area contributed by atoms with Crippen molar-refractivity contribution in [2.24, 2.45) is 0 Å². The number of amides is 2. The number of esters is 1. The number of halogens is 2. The normalized spacial score (nSPS) is 16.1. The van der Waals surface area contributed by atoms with Gasteiger partial charge in [0, 0.05) is 11.3 Å². The van der Waals surface area contributed by atoms with Gasteiger partial charge in [-0.15, -0.1) is 0 Å². The molecule has 3 rings (SSSR count). The van der Waals surface area contributed by atoms with E-state index in [4.69, 9.17) is 32.7 Å². The summed E-state index contributed by atoms with van der Waals surface area (Å²) in [5.41, 5.74) is 2.35. The lowest BCUT2D eigenvalue weighted by molar-refractivity contribution is -0.136. The molecule has 8 heteroatoms. The lowest BCUT2D eigenvalue weighted by Gasteiger charge is -2.29. The molecule has 0 aromatic heterocycles. The number of para-hydroxylation sites is 1. The molecule has 1 heterocycles. The van der Waals surface area contributed by atoms with Crippen molar-refractivity contribution >= 4 is 35.2 Å². The zero-order valence-corrected chi connectivity index (χ0v) is 17.4. The Morgan fingerprint density at radius 2 is 1.90 bits per heavy atom. The molecule has 2 aromatic rings. The van der Waals surface area contributed by atoms with E-state index < -0.39 is 18.0 Å². The number of carbonyl (C=O) groups excluding carboxylic acids is 2. The standard InChI is InChI=1S/C21H20Cl2N2O4/c1-3-16-18(20(26)28-2)19(25-21(27)24-16)13-6-4-5-7-17(13)29-11-12-8-9-14(22)15(23)10-12/h4-10,19H,3,11H2,1-2H3,(H2,24,25,27). The molecule has 0 saturated heterocycles. The summed E-state index contributed by atoms with van der Waals surface area (Å²) in [5.74, 6) is 0.0151. The Hall–Kier alpha value is -2.70. The zero-order chi connectivity index (χ0) is 21.0. The molecule has 0 aliphatic carbocycles. The van der Waals surface area contributed by atoms with Crippen LogP contribution in [0.5, 0.6) is 5.75 Å². The Morgan fingerprint density at radius 1 is 1.14 bits per heavy atom. The van der Waals surface area contributed by atoms with Crippen LogP contribution in [0.25, 0.3) is 0 Å². The Labute approximate surface area is 178 Å². The molecular weight excluding hydrogens is 415 g/mol. The zero-order valence-electron chi connectivity index (χ0n) is 15.9. The Morgan fingerprint density at radius 3 is 2.59 bits per heavy atom. The minimum Gasteiger partial charge on any atom is -0.489 e. The predicted molar refractivity (Wildman–Crippen MR) is 111 cm³/mol. The Kier molecular flexibility index (Phi) is 6.67. The average Bonchev–Trinajstić information content (AvgIpc) is 2.73. The minimum atomic E-state index is -0.698. The maximum absolute atomic E-state index is 12.4. The molecule has 29 heavy (non-hydrogen) atoms. The van der Waals surface area contributed by atoms with Crippen molar-refractivity contribution in [3.8, 4) is 5.75 Å². The van der Waals surface area contributed by atoms with E-state index >= 15 is 0 Å². The smallest absolute Gasteiger partial charge is 0.337 e. The second-order valence-corrected chi connectivity index (χ2v) is 7.16. The minimum absolute atomic E-state index is 0.241. The quantitative estimate of drug-likeness (QED) is 0.642. The summed E-state index contributed by atoms with van der Waals surface area (Å²) in [6.45, 7) is 2.10. The fraction of sp³-hybridized carbons (Fsp3) is 0.238. The van der Waals surface area contributed by atoms with Gasteiger partial charge in [-0.25, -0.2) is 9.59 Å². The van der Waals surface area contributed by atoms with Crippen LogP contribution in [-0.4, -0.2) is 19.1 Å². The van der Waals surface area contributed by atoms with Gasteiger partial charge in [-0.05, 0) is 30.2 Å². The van der Waals surface area contributed by atoms with Gasteiger partial charge in [0.25, 0.3) is 0 Å². The van der Waals surface area contributed by atoms with Gasteiger partial charge in [0.15, 0.2) is 0 Å². The molecule has 6 nitrogen and oxygen atoms in total. The molecule has 1 aliphatic rings. The van der Waals surface area contributed by atoms with E-state index in [1.807, 2.05) is 25.1 Å². The first-order valence-electron chi connectivity index (χ1n) is 8.99. The molecule has 1 atom stereocenters. The number of nitrogens with one attached hydrogen (secondary N) is 2. The van der Waals surface area contributed by atoms with Crippen molar-refractivity contribution in [2.45, 2.75) is 26.0 Å². The number of allylic oxidation sites excluding steroid dienone is 1. The number of hydrogen-bond donors (Lipinski definition) is 2. The van der Waals surface area contributed by atoms with Gasteiger partial charge < -0.3 is 20.1 Å². The van der Waals surface area contributed by atoms with E-state index in [-0.39, 0.29) is 6.61 Å². The van der Waals surface area contributed by atoms with Crippen molar-refractivity contribution in [1.82, 2.24) is 10.6 Å². The number of rotatable bonds is 6. The van der Waals surface area contributed by atoms with E-state index in [9.17, 15) is 9.59 Å². The van der Waals surface area contributed by atoms with Gasteiger partial charge in [-0.1, -0.05) is 54.4 Å². The second kappa shape index (κ2) is 9.20. The summed E-state index contributed by atoms with van der Waals surface area (Å²) in [5, 5.41) is 6.38. The molecule has 1 unspecified atom stereocenters. The molecule has 0 bridgehead atoms. The summed E-state index contributed by atoms with van der Waals surface area (Å²) in [6.07, 6.45) is 0.473. The van der Waals surface area contributed by atoms with Crippen LogP contribution in [0.1, 0.15) is 30.5 Å². The van der Waals surface area contributed by atoms with Gasteiger partial charge in [0.05, 0.1) is 28.8 Å². The van der Waals surface area contributed by atoms with Crippen LogP contribution in [-0.2, 0) is 16.1 Å². The number of benzene rings is 2. The Bertz CT molecular complexity index is 975. The summed E-state index contributed by atoms with van der Waals surface area (Å²) in [7, 11) is 1.31. The average molecular weight is 435 g/mol. The van der Waals surface area contributed by atoms with Crippen molar-refractivity contribution in [1.29, 1.82) is 0 Å². The van der Waals surface area contributed by atoms with Crippen LogP contribution in [0, 0.1) is 0 Å². The third-order valence-corrected chi connectivity index (χ3v) is 5.26. The number of ether oxygens (including phenoxy) is 2. The van der Waals surface area contributed by atoms with E-state index in [0.717, 1.165) is 5.56 Å². The van der Waals surface area contributed by atoms with E-state index in [1.165, 1.54) is 7.11 Å². The fourth-order valence-corrected chi connectivity index (χ4v) is 3.44. The number of methoxy groups -OCH3 is 1. The first-order chi connectivity index (χ1) is 13.9. The molecule has 0 spiro atoms. The summed E-state index contributed by atoms with van der Waals surface area (Å²) in [6, 6.07) is 11.4. The second-order valence-electron chi connectivity index (χ2n) is 6.34. The number of hydrogen-bond acceptors (Lipinski definition) is 4. The van der Waals surface area contributed by atoms with Gasteiger partial charge in [-0.3, -0.25) is 0 Å². The highest BCUT2D eigenvalue weighted by atomic mass is 35.5. The number of urea groups is 1. The maximum atomic E-state index is 12.4. The molecule has 0 fully saturated rings. The first-order valence-corrected chi connectivity index (χ1v) is 9.74. The summed E-state index contributed by atoms with van der Waals surface area (Å²) >= 11 is 12.0. The van der Waals surface area contributed by atoms with E-state index in [0.29, 0.717) is 39.0 Å². The van der Waals surface area contributed by atoms with Gasteiger partial charge in [-0.2, -0.15) is 0 Å². The largest absolute Gasteiger partial charge is 0.489 e. The molecule has 2 aromatic carbocycles. The molecule has 0 radical (unpaired) electrons. The van der Waals surface area contributed by atoms with Crippen molar-refractivity contribution in [3.63, 3.8) is 0 Å². The highest BCUT2D eigenvalue weighted by molar-refractivity contribution is 6.42. The SMILES string of the molecule is CCC1=C(C(=O)OC)C(c2ccccc2OCc2ccc(Cl)c(Cl)c2)NC(=O)N1. The third-order valence-electron chi connectivity index (χ3n) is 4.52.